The van der Waals surface area contributed by atoms with Gasteiger partial charge in [-0.2, -0.15) is 0 Å². The predicted octanol–water partition coefficient (Wildman–Crippen LogP) is 3.68. The molecule has 7 nitrogen and oxygen atoms in total. The lowest BCUT2D eigenvalue weighted by Crippen LogP contribution is -2.32. The molecule has 0 radical (unpaired) electrons. The van der Waals surface area contributed by atoms with Gasteiger partial charge in [-0.3, -0.25) is 9.59 Å². The first-order valence-electron chi connectivity index (χ1n) is 10.3. The third kappa shape index (κ3) is 7.75. The lowest BCUT2D eigenvalue weighted by Gasteiger charge is -2.14. The maximum absolute atomic E-state index is 12.4. The maximum atomic E-state index is 12.4. The molecule has 3 N–H and O–H groups in total. The molecule has 0 saturated carbocycles. The van der Waals surface area contributed by atoms with E-state index in [4.69, 9.17) is 9.47 Å². The summed E-state index contributed by atoms with van der Waals surface area (Å²) in [4.78, 5) is 24.6. The van der Waals surface area contributed by atoms with Gasteiger partial charge in [0.25, 0.3) is 5.91 Å². The minimum absolute atomic E-state index is 0.0646. The van der Waals surface area contributed by atoms with E-state index in [0.29, 0.717) is 36.8 Å². The number of carbonyl (C=O) groups is 2. The molecule has 2 aromatic carbocycles. The fourth-order valence-corrected chi connectivity index (χ4v) is 2.62. The third-order valence-corrected chi connectivity index (χ3v) is 4.41. The van der Waals surface area contributed by atoms with Crippen molar-refractivity contribution in [3.63, 3.8) is 0 Å². The van der Waals surface area contributed by atoms with E-state index in [1.165, 1.54) is 0 Å². The smallest absolute Gasteiger partial charge is 0.251 e. The van der Waals surface area contributed by atoms with Crippen LogP contribution < -0.4 is 20.7 Å². The van der Waals surface area contributed by atoms with Crippen LogP contribution in [0.15, 0.2) is 48.5 Å². The molecule has 0 aliphatic heterocycles. The van der Waals surface area contributed by atoms with E-state index in [0.717, 1.165) is 12.1 Å². The van der Waals surface area contributed by atoms with Crippen LogP contribution in [0.25, 0.3) is 0 Å². The predicted molar refractivity (Wildman–Crippen MR) is 119 cm³/mol. The Morgan fingerprint density at radius 2 is 1.83 bits per heavy atom. The van der Waals surface area contributed by atoms with Crippen LogP contribution in [0.3, 0.4) is 0 Å². The van der Waals surface area contributed by atoms with Gasteiger partial charge in [-0.15, -0.1) is 0 Å². The van der Waals surface area contributed by atoms with Crippen LogP contribution in [0, 0.1) is 0 Å². The number of para-hydroxylation sites is 2. The first-order chi connectivity index (χ1) is 14.5. The minimum Gasteiger partial charge on any atom is -0.489 e. The van der Waals surface area contributed by atoms with Crippen LogP contribution in [0.5, 0.6) is 5.75 Å². The lowest BCUT2D eigenvalue weighted by atomic mass is 10.1. The highest BCUT2D eigenvalue weighted by Gasteiger charge is 2.11. The average molecular weight is 414 g/mol. The van der Waals surface area contributed by atoms with Crippen molar-refractivity contribution in [2.75, 3.05) is 37.0 Å². The second-order valence-corrected chi connectivity index (χ2v) is 6.81. The van der Waals surface area contributed by atoms with E-state index in [9.17, 15) is 9.59 Å². The lowest BCUT2D eigenvalue weighted by molar-refractivity contribution is -0.114. The molecule has 162 valence electrons. The van der Waals surface area contributed by atoms with Crippen molar-refractivity contribution in [3.8, 4) is 5.75 Å². The van der Waals surface area contributed by atoms with Gasteiger partial charge < -0.3 is 25.4 Å². The highest BCUT2D eigenvalue weighted by atomic mass is 16.5. The van der Waals surface area contributed by atoms with E-state index in [1.54, 1.807) is 24.3 Å². The van der Waals surface area contributed by atoms with Gasteiger partial charge in [-0.05, 0) is 50.6 Å². The van der Waals surface area contributed by atoms with Gasteiger partial charge in [-0.1, -0.05) is 25.1 Å². The number of benzene rings is 2. The summed E-state index contributed by atoms with van der Waals surface area (Å²) in [6.07, 6.45) is 0.852. The molecule has 0 bridgehead atoms. The Morgan fingerprint density at radius 1 is 1.03 bits per heavy atom. The summed E-state index contributed by atoms with van der Waals surface area (Å²) in [5.41, 5.74) is 1.81. The Balaban J connectivity index is 1.90. The minimum atomic E-state index is -0.224. The Bertz CT molecular complexity index is 826. The zero-order valence-corrected chi connectivity index (χ0v) is 17.9. The molecule has 0 saturated heterocycles. The fourth-order valence-electron chi connectivity index (χ4n) is 2.62. The molecule has 0 aliphatic carbocycles. The molecular weight excluding hydrogens is 382 g/mol. The van der Waals surface area contributed by atoms with Crippen molar-refractivity contribution in [1.29, 1.82) is 0 Å². The van der Waals surface area contributed by atoms with Crippen molar-refractivity contribution in [2.24, 2.45) is 0 Å². The van der Waals surface area contributed by atoms with E-state index >= 15 is 0 Å². The summed E-state index contributed by atoms with van der Waals surface area (Å²) in [7, 11) is 0. The standard InChI is InChI=1S/C23H31N3O4/c1-4-17(3)25-23(28)18-9-8-10-19(15-18)26-22(27)16-24-20-11-6-7-12-21(20)30-14-13-29-5-2/h6-12,15,17,24H,4-5,13-14,16H2,1-3H3,(H,25,28)(H,26,27). The molecule has 1 unspecified atom stereocenters. The van der Waals surface area contributed by atoms with Crippen molar-refractivity contribution in [1.82, 2.24) is 5.32 Å². The number of carbonyl (C=O) groups excluding carboxylic acids is 2. The van der Waals surface area contributed by atoms with E-state index in [2.05, 4.69) is 16.0 Å². The molecular formula is C23H31N3O4. The van der Waals surface area contributed by atoms with Gasteiger partial charge in [-0.25, -0.2) is 0 Å². The van der Waals surface area contributed by atoms with Crippen molar-refractivity contribution < 1.29 is 19.1 Å². The van der Waals surface area contributed by atoms with Crippen LogP contribution in [0.1, 0.15) is 37.6 Å². The summed E-state index contributed by atoms with van der Waals surface area (Å²) in [6, 6.07) is 14.4. The molecule has 0 heterocycles. The topological polar surface area (TPSA) is 88.7 Å². The highest BCUT2D eigenvalue weighted by molar-refractivity contribution is 5.98. The molecule has 30 heavy (non-hydrogen) atoms. The average Bonchev–Trinajstić information content (AvgIpc) is 2.76. The molecule has 0 spiro atoms. The Labute approximate surface area is 178 Å². The number of rotatable bonds is 12. The Morgan fingerprint density at radius 3 is 2.60 bits per heavy atom. The van der Waals surface area contributed by atoms with Gasteiger partial charge in [0.2, 0.25) is 5.91 Å². The number of ether oxygens (including phenoxy) is 2. The molecule has 7 heteroatoms. The third-order valence-electron chi connectivity index (χ3n) is 4.41. The number of amides is 2. The van der Waals surface area contributed by atoms with Crippen molar-refractivity contribution in [2.45, 2.75) is 33.2 Å². The first-order valence-corrected chi connectivity index (χ1v) is 10.3. The maximum Gasteiger partial charge on any atom is 0.251 e. The highest BCUT2D eigenvalue weighted by Crippen LogP contribution is 2.23. The Kier molecular flexibility index (Phi) is 9.67. The number of anilines is 2. The van der Waals surface area contributed by atoms with E-state index in [1.807, 2.05) is 45.0 Å². The van der Waals surface area contributed by atoms with Crippen LogP contribution >= 0.6 is 0 Å². The number of hydrogen-bond donors (Lipinski definition) is 3. The van der Waals surface area contributed by atoms with Crippen molar-refractivity contribution >= 4 is 23.2 Å². The quantitative estimate of drug-likeness (QED) is 0.462. The molecule has 0 fully saturated rings. The molecule has 2 aromatic rings. The monoisotopic (exact) mass is 413 g/mol. The molecule has 2 amide bonds. The molecule has 0 aromatic heterocycles. The first kappa shape index (κ1) is 23.2. The molecule has 0 aliphatic rings. The molecule has 2 rings (SSSR count). The van der Waals surface area contributed by atoms with Gasteiger partial charge in [0, 0.05) is 23.9 Å². The fraction of sp³-hybridized carbons (Fsp3) is 0.391. The largest absolute Gasteiger partial charge is 0.489 e. The second kappa shape index (κ2) is 12.5. The summed E-state index contributed by atoms with van der Waals surface area (Å²) in [5, 5.41) is 8.82. The zero-order chi connectivity index (χ0) is 21.8. The summed E-state index contributed by atoms with van der Waals surface area (Å²) in [5.74, 6) is 0.282. The SMILES string of the molecule is CCOCCOc1ccccc1NCC(=O)Nc1cccc(C(=O)NC(C)CC)c1. The van der Waals surface area contributed by atoms with Crippen molar-refractivity contribution in [3.05, 3.63) is 54.1 Å². The normalized spacial score (nSPS) is 11.4. The number of nitrogens with one attached hydrogen (secondary N) is 3. The summed E-state index contributed by atoms with van der Waals surface area (Å²) < 4.78 is 11.0. The zero-order valence-electron chi connectivity index (χ0n) is 17.9. The molecule has 1 atom stereocenters. The van der Waals surface area contributed by atoms with Gasteiger partial charge in [0.15, 0.2) is 0 Å². The van der Waals surface area contributed by atoms with Crippen LogP contribution in [0.4, 0.5) is 11.4 Å². The van der Waals surface area contributed by atoms with E-state index < -0.39 is 0 Å². The van der Waals surface area contributed by atoms with Crippen LogP contribution in [-0.4, -0.2) is 44.2 Å². The van der Waals surface area contributed by atoms with Crippen LogP contribution in [-0.2, 0) is 9.53 Å². The van der Waals surface area contributed by atoms with Crippen LogP contribution in [0.2, 0.25) is 0 Å². The Hall–Kier alpha value is -3.06. The summed E-state index contributed by atoms with van der Waals surface area (Å²) in [6.45, 7) is 7.54. The number of hydrogen-bond acceptors (Lipinski definition) is 5. The summed E-state index contributed by atoms with van der Waals surface area (Å²) >= 11 is 0. The second-order valence-electron chi connectivity index (χ2n) is 6.81. The van der Waals surface area contributed by atoms with Gasteiger partial charge in [0.1, 0.15) is 12.4 Å². The van der Waals surface area contributed by atoms with E-state index in [-0.39, 0.29) is 24.4 Å². The van der Waals surface area contributed by atoms with Gasteiger partial charge in [0.05, 0.1) is 18.8 Å². The van der Waals surface area contributed by atoms with Gasteiger partial charge >= 0.3 is 0 Å².